The molecule has 0 spiro atoms. The van der Waals surface area contributed by atoms with Crippen LogP contribution >= 0.6 is 0 Å². The van der Waals surface area contributed by atoms with Gasteiger partial charge in [-0.2, -0.15) is 8.78 Å². The van der Waals surface area contributed by atoms with Gasteiger partial charge in [-0.15, -0.1) is 0 Å². The molecule has 136 valence electrons. The van der Waals surface area contributed by atoms with Gasteiger partial charge in [0.1, 0.15) is 11.5 Å². The normalized spacial score (nSPS) is 31.4. The van der Waals surface area contributed by atoms with Crippen LogP contribution in [0.25, 0.3) is 0 Å². The molecule has 2 bridgehead atoms. The summed E-state index contributed by atoms with van der Waals surface area (Å²) < 4.78 is 29.9. The Bertz CT molecular complexity index is 823. The van der Waals surface area contributed by atoms with Gasteiger partial charge < -0.3 is 15.2 Å². The minimum absolute atomic E-state index is 0.185. The van der Waals surface area contributed by atoms with E-state index in [4.69, 9.17) is 0 Å². The summed E-state index contributed by atoms with van der Waals surface area (Å²) >= 11 is 0. The number of hydrogen-bond acceptors (Lipinski definition) is 3. The molecule has 0 aromatic heterocycles. The smallest absolute Gasteiger partial charge is 0.387 e. The van der Waals surface area contributed by atoms with Crippen LogP contribution in [0.3, 0.4) is 0 Å². The van der Waals surface area contributed by atoms with Gasteiger partial charge in [0, 0.05) is 5.69 Å². The van der Waals surface area contributed by atoms with E-state index in [0.29, 0.717) is 23.7 Å². The molecule has 0 radical (unpaired) electrons. The van der Waals surface area contributed by atoms with Crippen molar-refractivity contribution in [2.24, 2.45) is 17.8 Å². The third-order valence-corrected chi connectivity index (χ3v) is 6.54. The summed E-state index contributed by atoms with van der Waals surface area (Å²) in [5, 5.41) is 13.3. The Morgan fingerprint density at radius 3 is 2.58 bits per heavy atom. The van der Waals surface area contributed by atoms with Crippen LogP contribution < -0.4 is 10.1 Å². The van der Waals surface area contributed by atoms with Gasteiger partial charge >= 0.3 is 6.61 Å². The maximum absolute atomic E-state index is 12.6. The molecule has 3 aliphatic rings. The molecule has 2 N–H and O–H groups in total. The minimum Gasteiger partial charge on any atom is -0.508 e. The van der Waals surface area contributed by atoms with E-state index in [0.717, 1.165) is 11.3 Å². The zero-order valence-corrected chi connectivity index (χ0v) is 14.2. The maximum atomic E-state index is 12.6. The number of fused-ring (bicyclic) bond motifs is 7. The lowest BCUT2D eigenvalue weighted by Gasteiger charge is -2.43. The van der Waals surface area contributed by atoms with Crippen molar-refractivity contribution in [1.82, 2.24) is 0 Å². The summed E-state index contributed by atoms with van der Waals surface area (Å²) in [4.78, 5) is 0. The number of halogens is 2. The Hall–Kier alpha value is -2.30. The molecule has 26 heavy (non-hydrogen) atoms. The number of phenolic OH excluding ortho intramolecular Hbond substituents is 1. The van der Waals surface area contributed by atoms with Crippen LogP contribution in [0, 0.1) is 17.8 Å². The SMILES string of the molecule is Oc1ccc([C@@H]2Nc3ccc(OC(F)F)cc3[C@H]3[C@@H]4CC[C@@H](C4)[C@H]32)cc1. The van der Waals surface area contributed by atoms with Crippen molar-refractivity contribution in [3.63, 3.8) is 0 Å². The third kappa shape index (κ3) is 2.44. The van der Waals surface area contributed by atoms with Crippen LogP contribution in [0.2, 0.25) is 0 Å². The lowest BCUT2D eigenvalue weighted by molar-refractivity contribution is -0.0499. The summed E-state index contributed by atoms with van der Waals surface area (Å²) in [6, 6.07) is 12.9. The third-order valence-electron chi connectivity index (χ3n) is 6.54. The Labute approximate surface area is 151 Å². The van der Waals surface area contributed by atoms with E-state index in [-0.39, 0.29) is 17.5 Å². The monoisotopic (exact) mass is 357 g/mol. The summed E-state index contributed by atoms with van der Waals surface area (Å²) in [6.45, 7) is -2.80. The average molecular weight is 357 g/mol. The first-order valence-corrected chi connectivity index (χ1v) is 9.24. The summed E-state index contributed by atoms with van der Waals surface area (Å²) in [6.07, 6.45) is 3.67. The van der Waals surface area contributed by atoms with Gasteiger partial charge in [0.15, 0.2) is 0 Å². The van der Waals surface area contributed by atoms with Crippen molar-refractivity contribution in [2.45, 2.75) is 37.8 Å². The standard InChI is InChI=1S/C21H21F2NO2/c22-21(23)26-15-7-8-17-16(10-15)18-12-1-2-13(9-12)19(18)20(24-17)11-3-5-14(25)6-4-11/h3-8,10,12-13,18-21,24-25H,1-2,9H2/t12-,13+,18-,19-,20+/m1/s1. The lowest BCUT2D eigenvalue weighted by atomic mass is 9.68. The Kier molecular flexibility index (Phi) is 3.59. The highest BCUT2D eigenvalue weighted by atomic mass is 19.3. The number of phenols is 1. The van der Waals surface area contributed by atoms with Crippen molar-refractivity contribution in [2.75, 3.05) is 5.32 Å². The molecule has 2 fully saturated rings. The second-order valence-electron chi connectivity index (χ2n) is 7.78. The molecule has 1 aliphatic heterocycles. The second-order valence-corrected chi connectivity index (χ2v) is 7.78. The largest absolute Gasteiger partial charge is 0.508 e. The van der Waals surface area contributed by atoms with Crippen molar-refractivity contribution in [3.05, 3.63) is 53.6 Å². The molecule has 1 heterocycles. The topological polar surface area (TPSA) is 41.5 Å². The van der Waals surface area contributed by atoms with Gasteiger partial charge in [0.25, 0.3) is 0 Å². The van der Waals surface area contributed by atoms with E-state index in [2.05, 4.69) is 10.1 Å². The van der Waals surface area contributed by atoms with Crippen LogP contribution in [0.15, 0.2) is 42.5 Å². The van der Waals surface area contributed by atoms with E-state index in [9.17, 15) is 13.9 Å². The van der Waals surface area contributed by atoms with Crippen molar-refractivity contribution in [1.29, 1.82) is 0 Å². The Balaban J connectivity index is 1.57. The molecule has 0 saturated heterocycles. The highest BCUT2D eigenvalue weighted by Crippen LogP contribution is 2.64. The van der Waals surface area contributed by atoms with Crippen molar-refractivity contribution in [3.8, 4) is 11.5 Å². The van der Waals surface area contributed by atoms with Crippen LogP contribution in [0.5, 0.6) is 11.5 Å². The summed E-state index contributed by atoms with van der Waals surface area (Å²) in [5.41, 5.74) is 3.30. The zero-order chi connectivity index (χ0) is 17.8. The first kappa shape index (κ1) is 15.9. The number of ether oxygens (including phenoxy) is 1. The quantitative estimate of drug-likeness (QED) is 0.784. The highest BCUT2D eigenvalue weighted by molar-refractivity contribution is 5.61. The predicted molar refractivity (Wildman–Crippen MR) is 94.6 cm³/mol. The number of aromatic hydroxyl groups is 1. The zero-order valence-electron chi connectivity index (χ0n) is 14.2. The molecule has 2 aromatic rings. The fourth-order valence-electron chi connectivity index (χ4n) is 5.65. The summed E-state index contributed by atoms with van der Waals surface area (Å²) in [7, 11) is 0. The molecule has 5 heteroatoms. The molecule has 3 nitrogen and oxygen atoms in total. The van der Waals surface area contributed by atoms with Crippen molar-refractivity contribution >= 4 is 5.69 Å². The van der Waals surface area contributed by atoms with E-state index in [1.807, 2.05) is 18.2 Å². The minimum atomic E-state index is -2.80. The maximum Gasteiger partial charge on any atom is 0.387 e. The van der Waals surface area contributed by atoms with Crippen molar-refractivity contribution < 1.29 is 18.6 Å². The molecule has 5 rings (SSSR count). The number of hydrogen-bond donors (Lipinski definition) is 2. The van der Waals surface area contributed by atoms with E-state index >= 15 is 0 Å². The first-order chi connectivity index (χ1) is 12.6. The molecule has 5 atom stereocenters. The average Bonchev–Trinajstić information content (AvgIpc) is 3.24. The van der Waals surface area contributed by atoms with Gasteiger partial charge in [-0.3, -0.25) is 0 Å². The van der Waals surface area contributed by atoms with Gasteiger partial charge in [0.2, 0.25) is 0 Å². The van der Waals surface area contributed by atoms with Gasteiger partial charge in [-0.1, -0.05) is 12.1 Å². The lowest BCUT2D eigenvalue weighted by Crippen LogP contribution is -2.35. The van der Waals surface area contributed by atoms with E-state index < -0.39 is 6.61 Å². The molecule has 2 aromatic carbocycles. The number of benzene rings is 2. The Morgan fingerprint density at radius 2 is 1.81 bits per heavy atom. The first-order valence-electron chi connectivity index (χ1n) is 9.24. The number of alkyl halides is 2. The van der Waals surface area contributed by atoms with Gasteiger partial charge in [0.05, 0.1) is 6.04 Å². The van der Waals surface area contributed by atoms with Gasteiger partial charge in [-0.25, -0.2) is 0 Å². The van der Waals surface area contributed by atoms with Crippen LogP contribution in [0.4, 0.5) is 14.5 Å². The van der Waals surface area contributed by atoms with E-state index in [1.165, 1.54) is 24.8 Å². The van der Waals surface area contributed by atoms with Crippen LogP contribution in [-0.4, -0.2) is 11.7 Å². The number of rotatable bonds is 3. The molecule has 2 saturated carbocycles. The van der Waals surface area contributed by atoms with Crippen LogP contribution in [0.1, 0.15) is 42.3 Å². The number of nitrogens with one attached hydrogen (secondary N) is 1. The highest BCUT2D eigenvalue weighted by Gasteiger charge is 2.53. The summed E-state index contributed by atoms with van der Waals surface area (Å²) in [5.74, 6) is 2.61. The fourth-order valence-corrected chi connectivity index (χ4v) is 5.65. The second kappa shape index (κ2) is 5.86. The molecular weight excluding hydrogens is 336 g/mol. The molecule has 0 amide bonds. The molecular formula is C21H21F2NO2. The molecule has 0 unspecified atom stereocenters. The molecule has 2 aliphatic carbocycles. The number of anilines is 1. The van der Waals surface area contributed by atoms with E-state index in [1.54, 1.807) is 24.3 Å². The van der Waals surface area contributed by atoms with Crippen LogP contribution in [-0.2, 0) is 0 Å². The Morgan fingerprint density at radius 1 is 1.04 bits per heavy atom. The van der Waals surface area contributed by atoms with Gasteiger partial charge in [-0.05, 0) is 84.4 Å². The fraction of sp³-hybridized carbons (Fsp3) is 0.429. The predicted octanol–water partition coefficient (Wildman–Crippen LogP) is 5.29.